The first-order chi connectivity index (χ1) is 8.42. The van der Waals surface area contributed by atoms with Gasteiger partial charge >= 0.3 is 0 Å². The van der Waals surface area contributed by atoms with E-state index >= 15 is 0 Å². The lowest BCUT2D eigenvalue weighted by atomic mass is 10.0. The number of benzene rings is 1. The van der Waals surface area contributed by atoms with Crippen LogP contribution in [0.15, 0.2) is 36.4 Å². The van der Waals surface area contributed by atoms with Gasteiger partial charge in [-0.3, -0.25) is 0 Å². The summed E-state index contributed by atoms with van der Waals surface area (Å²) >= 11 is 0. The molecule has 2 aliphatic rings. The monoisotopic (exact) mass is 227 g/mol. The van der Waals surface area contributed by atoms with Crippen LogP contribution in [0.3, 0.4) is 0 Å². The number of rotatable bonds is 4. The fourth-order valence-corrected chi connectivity index (χ4v) is 2.57. The second-order valence-corrected chi connectivity index (χ2v) is 5.38. The Kier molecular flexibility index (Phi) is 3.28. The molecular weight excluding hydrogens is 206 g/mol. The zero-order chi connectivity index (χ0) is 11.5. The summed E-state index contributed by atoms with van der Waals surface area (Å²) < 4.78 is 0. The molecule has 90 valence electrons. The Balaban J connectivity index is 1.52. The van der Waals surface area contributed by atoms with E-state index in [9.17, 15) is 0 Å². The molecule has 2 aliphatic carbocycles. The largest absolute Gasteiger partial charge is 0.310 e. The molecule has 17 heavy (non-hydrogen) atoms. The maximum atomic E-state index is 3.65. The van der Waals surface area contributed by atoms with Crippen LogP contribution < -0.4 is 5.32 Å². The molecule has 0 bridgehead atoms. The van der Waals surface area contributed by atoms with Crippen LogP contribution in [0.5, 0.6) is 0 Å². The average Bonchev–Trinajstić information content (AvgIpc) is 3.23. The van der Waals surface area contributed by atoms with Crippen LogP contribution in [0.25, 0.3) is 0 Å². The van der Waals surface area contributed by atoms with E-state index in [0.717, 1.165) is 12.5 Å². The van der Waals surface area contributed by atoms with Crippen molar-refractivity contribution in [3.8, 4) is 0 Å². The molecule has 0 radical (unpaired) electrons. The molecule has 0 heterocycles. The van der Waals surface area contributed by atoms with E-state index < -0.39 is 0 Å². The summed E-state index contributed by atoms with van der Waals surface area (Å²) in [6.45, 7) is 1.02. The number of allylic oxidation sites excluding steroid dienone is 1. The molecule has 1 N–H and O–H groups in total. The first kappa shape index (κ1) is 11.0. The van der Waals surface area contributed by atoms with Gasteiger partial charge in [-0.1, -0.05) is 36.4 Å². The summed E-state index contributed by atoms with van der Waals surface area (Å²) in [5, 5.41) is 3.65. The maximum Gasteiger partial charge on any atom is 0.0208 e. The van der Waals surface area contributed by atoms with Gasteiger partial charge in [-0.2, -0.15) is 0 Å². The fraction of sp³-hybridized carbons (Fsp3) is 0.500. The van der Waals surface area contributed by atoms with Crippen molar-refractivity contribution in [1.29, 1.82) is 0 Å². The van der Waals surface area contributed by atoms with Gasteiger partial charge in [0.1, 0.15) is 0 Å². The quantitative estimate of drug-likeness (QED) is 0.772. The van der Waals surface area contributed by atoms with E-state index in [1.807, 2.05) is 0 Å². The molecule has 1 fully saturated rings. The van der Waals surface area contributed by atoms with Gasteiger partial charge in [0.05, 0.1) is 0 Å². The van der Waals surface area contributed by atoms with Crippen molar-refractivity contribution in [2.24, 2.45) is 0 Å². The van der Waals surface area contributed by atoms with Crippen molar-refractivity contribution in [1.82, 2.24) is 5.32 Å². The van der Waals surface area contributed by atoms with Crippen LogP contribution in [-0.4, -0.2) is 6.04 Å². The number of hydrogen-bond donors (Lipinski definition) is 1. The number of nitrogens with one attached hydrogen (secondary N) is 1. The highest BCUT2D eigenvalue weighted by atomic mass is 14.9. The minimum absolute atomic E-state index is 0.683. The van der Waals surface area contributed by atoms with Crippen molar-refractivity contribution >= 4 is 0 Å². The summed E-state index contributed by atoms with van der Waals surface area (Å²) in [7, 11) is 0. The highest BCUT2D eigenvalue weighted by Crippen LogP contribution is 2.39. The smallest absolute Gasteiger partial charge is 0.0208 e. The van der Waals surface area contributed by atoms with E-state index in [0.29, 0.717) is 6.04 Å². The Hall–Kier alpha value is -1.08. The van der Waals surface area contributed by atoms with Crippen LogP contribution in [0.4, 0.5) is 0 Å². The Morgan fingerprint density at radius 1 is 1.00 bits per heavy atom. The molecule has 1 aromatic carbocycles. The van der Waals surface area contributed by atoms with E-state index in [-0.39, 0.29) is 0 Å². The SMILES string of the molecule is C1=CCC(NCc2ccc(C3CC3)cc2)CC1. The first-order valence-corrected chi connectivity index (χ1v) is 6.89. The molecule has 3 rings (SSSR count). The third kappa shape index (κ3) is 2.98. The zero-order valence-corrected chi connectivity index (χ0v) is 10.4. The predicted octanol–water partition coefficient (Wildman–Crippen LogP) is 3.76. The van der Waals surface area contributed by atoms with Gasteiger partial charge in [0.25, 0.3) is 0 Å². The van der Waals surface area contributed by atoms with Gasteiger partial charge in [0.2, 0.25) is 0 Å². The molecule has 1 heteroatoms. The Bertz CT molecular complexity index is 386. The average molecular weight is 227 g/mol. The molecule has 0 aliphatic heterocycles. The molecule has 1 atom stereocenters. The van der Waals surface area contributed by atoms with Crippen LogP contribution in [-0.2, 0) is 6.54 Å². The highest BCUT2D eigenvalue weighted by Gasteiger charge is 2.22. The van der Waals surface area contributed by atoms with Crippen molar-refractivity contribution in [2.75, 3.05) is 0 Å². The summed E-state index contributed by atoms with van der Waals surface area (Å²) in [5.41, 5.74) is 2.96. The van der Waals surface area contributed by atoms with Gasteiger partial charge in [-0.05, 0) is 49.1 Å². The normalized spacial score (nSPS) is 23.9. The van der Waals surface area contributed by atoms with Crippen LogP contribution >= 0.6 is 0 Å². The molecule has 0 aromatic heterocycles. The molecule has 0 spiro atoms. The van der Waals surface area contributed by atoms with Gasteiger partial charge < -0.3 is 5.32 Å². The van der Waals surface area contributed by atoms with Gasteiger partial charge in [0, 0.05) is 12.6 Å². The summed E-state index contributed by atoms with van der Waals surface area (Å²) in [4.78, 5) is 0. The van der Waals surface area contributed by atoms with E-state index in [2.05, 4.69) is 41.7 Å². The van der Waals surface area contributed by atoms with Gasteiger partial charge in [-0.15, -0.1) is 0 Å². The molecule has 1 aromatic rings. The predicted molar refractivity (Wildman–Crippen MR) is 72.0 cm³/mol. The summed E-state index contributed by atoms with van der Waals surface area (Å²) in [6, 6.07) is 9.90. The Labute approximate surface area is 104 Å². The Morgan fingerprint density at radius 2 is 1.82 bits per heavy atom. The van der Waals surface area contributed by atoms with Crippen LogP contribution in [0.1, 0.15) is 49.1 Å². The lowest BCUT2D eigenvalue weighted by Crippen LogP contribution is -2.29. The van der Waals surface area contributed by atoms with Gasteiger partial charge in [-0.25, -0.2) is 0 Å². The van der Waals surface area contributed by atoms with Crippen LogP contribution in [0, 0.1) is 0 Å². The minimum atomic E-state index is 0.683. The standard InChI is InChI=1S/C16H21N/c1-2-4-16(5-3-1)17-12-13-6-8-14(9-7-13)15-10-11-15/h1-2,6-9,15-17H,3-5,10-12H2. The lowest BCUT2D eigenvalue weighted by molar-refractivity contribution is 0.474. The van der Waals surface area contributed by atoms with E-state index in [1.54, 1.807) is 0 Å². The first-order valence-electron chi connectivity index (χ1n) is 6.89. The molecule has 1 nitrogen and oxygen atoms in total. The van der Waals surface area contributed by atoms with Crippen LogP contribution in [0.2, 0.25) is 0 Å². The highest BCUT2D eigenvalue weighted by molar-refractivity contribution is 5.28. The topological polar surface area (TPSA) is 12.0 Å². The van der Waals surface area contributed by atoms with E-state index in [1.165, 1.54) is 43.2 Å². The van der Waals surface area contributed by atoms with E-state index in [4.69, 9.17) is 0 Å². The fourth-order valence-electron chi connectivity index (χ4n) is 2.57. The van der Waals surface area contributed by atoms with Crippen molar-refractivity contribution in [3.63, 3.8) is 0 Å². The van der Waals surface area contributed by atoms with Crippen molar-refractivity contribution in [3.05, 3.63) is 47.5 Å². The third-order valence-corrected chi connectivity index (χ3v) is 3.89. The summed E-state index contributed by atoms with van der Waals surface area (Å²) in [5.74, 6) is 0.875. The van der Waals surface area contributed by atoms with Gasteiger partial charge in [0.15, 0.2) is 0 Å². The zero-order valence-electron chi connectivity index (χ0n) is 10.4. The second-order valence-electron chi connectivity index (χ2n) is 5.38. The van der Waals surface area contributed by atoms with Crippen molar-refractivity contribution in [2.45, 2.75) is 50.6 Å². The van der Waals surface area contributed by atoms with Crippen molar-refractivity contribution < 1.29 is 0 Å². The molecule has 0 saturated heterocycles. The summed E-state index contributed by atoms with van der Waals surface area (Å²) in [6.07, 6.45) is 11.1. The lowest BCUT2D eigenvalue weighted by Gasteiger charge is -2.19. The third-order valence-electron chi connectivity index (χ3n) is 3.89. The molecular formula is C16H21N. The minimum Gasteiger partial charge on any atom is -0.310 e. The molecule has 1 unspecified atom stereocenters. The molecule has 1 saturated carbocycles. The number of hydrogen-bond acceptors (Lipinski definition) is 1. The molecule has 0 amide bonds. The maximum absolute atomic E-state index is 3.65. The second kappa shape index (κ2) is 5.05. The Morgan fingerprint density at radius 3 is 2.47 bits per heavy atom.